The van der Waals surface area contributed by atoms with E-state index in [-0.39, 0.29) is 5.25 Å². The van der Waals surface area contributed by atoms with Gasteiger partial charge in [0.1, 0.15) is 5.25 Å². The van der Waals surface area contributed by atoms with E-state index < -0.39 is 0 Å². The quantitative estimate of drug-likeness (QED) is 0.663. The minimum atomic E-state index is -0.214. The minimum Gasteiger partial charge on any atom is -0.258 e. The molecular formula is C20H20N4S. The van der Waals surface area contributed by atoms with Crippen molar-refractivity contribution in [2.45, 2.75) is 37.1 Å². The molecule has 3 aromatic rings. The molecule has 0 saturated carbocycles. The summed E-state index contributed by atoms with van der Waals surface area (Å²) in [6.45, 7) is 4.19. The first-order valence-corrected chi connectivity index (χ1v) is 9.19. The number of rotatable bonds is 6. The van der Waals surface area contributed by atoms with Crippen LogP contribution in [-0.2, 0) is 12.8 Å². The van der Waals surface area contributed by atoms with Gasteiger partial charge in [-0.05, 0) is 30.9 Å². The largest absolute Gasteiger partial charge is 0.258 e. The van der Waals surface area contributed by atoms with Crippen molar-refractivity contribution in [2.24, 2.45) is 0 Å². The number of thioether (sulfide) groups is 1. The summed E-state index contributed by atoms with van der Waals surface area (Å²) in [7, 11) is 0. The molecule has 0 aliphatic carbocycles. The SMILES string of the molecule is CCc1ccc(-c2nc(S[C@H](C#N)Cc3ccc(C)cc3)n[nH]2)cc1. The van der Waals surface area contributed by atoms with Crippen LogP contribution < -0.4 is 0 Å². The molecule has 4 nitrogen and oxygen atoms in total. The van der Waals surface area contributed by atoms with Gasteiger partial charge in [-0.15, -0.1) is 5.10 Å². The van der Waals surface area contributed by atoms with Gasteiger partial charge in [0, 0.05) is 5.56 Å². The Bertz CT molecular complexity index is 860. The van der Waals surface area contributed by atoms with Gasteiger partial charge in [-0.25, -0.2) is 4.98 Å². The number of hydrogen-bond acceptors (Lipinski definition) is 4. The molecule has 0 spiro atoms. The number of aromatic amines is 1. The number of hydrogen-bond donors (Lipinski definition) is 1. The van der Waals surface area contributed by atoms with Crippen LogP contribution in [0.1, 0.15) is 23.6 Å². The van der Waals surface area contributed by atoms with Crippen LogP contribution in [0.15, 0.2) is 53.7 Å². The Balaban J connectivity index is 1.68. The standard InChI is InChI=1S/C20H20N4S/c1-3-15-8-10-17(11-9-15)19-22-20(24-23-19)25-18(13-21)12-16-6-4-14(2)5-7-16/h4-11,18H,3,12H2,1-2H3,(H,22,23,24)/t18-/m0/s1. The second-order valence-electron chi connectivity index (χ2n) is 5.94. The van der Waals surface area contributed by atoms with E-state index in [2.05, 4.69) is 71.5 Å². The fraction of sp³-hybridized carbons (Fsp3) is 0.250. The lowest BCUT2D eigenvalue weighted by atomic mass is 10.1. The number of H-pyrrole nitrogens is 1. The molecule has 0 unspecified atom stereocenters. The molecule has 0 amide bonds. The summed E-state index contributed by atoms with van der Waals surface area (Å²) in [5.74, 6) is 0.733. The predicted octanol–water partition coefficient (Wildman–Crippen LogP) is 4.57. The lowest BCUT2D eigenvalue weighted by Crippen LogP contribution is -2.04. The smallest absolute Gasteiger partial charge is 0.210 e. The van der Waals surface area contributed by atoms with Crippen LogP contribution in [0.3, 0.4) is 0 Å². The van der Waals surface area contributed by atoms with Gasteiger partial charge in [0.25, 0.3) is 0 Å². The van der Waals surface area contributed by atoms with Crippen molar-refractivity contribution in [1.29, 1.82) is 5.26 Å². The van der Waals surface area contributed by atoms with Crippen LogP contribution in [0.2, 0.25) is 0 Å². The first-order valence-electron chi connectivity index (χ1n) is 8.31. The number of aromatic nitrogens is 3. The van der Waals surface area contributed by atoms with Gasteiger partial charge in [0.2, 0.25) is 5.16 Å². The van der Waals surface area contributed by atoms with E-state index in [0.29, 0.717) is 11.6 Å². The molecule has 0 aliphatic rings. The third-order valence-electron chi connectivity index (χ3n) is 4.03. The summed E-state index contributed by atoms with van der Waals surface area (Å²) in [5.41, 5.74) is 4.66. The molecule has 1 aromatic heterocycles. The maximum absolute atomic E-state index is 9.45. The molecule has 126 valence electrons. The van der Waals surface area contributed by atoms with E-state index in [9.17, 15) is 5.26 Å². The summed E-state index contributed by atoms with van der Waals surface area (Å²) in [6.07, 6.45) is 1.69. The van der Waals surface area contributed by atoms with Crippen LogP contribution in [0.5, 0.6) is 0 Å². The molecule has 0 radical (unpaired) electrons. The topological polar surface area (TPSA) is 65.4 Å². The van der Waals surface area contributed by atoms with E-state index in [1.807, 2.05) is 12.1 Å². The van der Waals surface area contributed by atoms with Crippen molar-refractivity contribution in [3.63, 3.8) is 0 Å². The molecule has 0 fully saturated rings. The predicted molar refractivity (Wildman–Crippen MR) is 101 cm³/mol. The van der Waals surface area contributed by atoms with Crippen molar-refractivity contribution in [3.05, 3.63) is 65.2 Å². The third kappa shape index (κ3) is 4.49. The van der Waals surface area contributed by atoms with Crippen LogP contribution in [0.4, 0.5) is 0 Å². The lowest BCUT2D eigenvalue weighted by molar-refractivity contribution is 0.954. The van der Waals surface area contributed by atoms with Gasteiger partial charge in [-0.3, -0.25) is 5.10 Å². The Morgan fingerprint density at radius 3 is 2.40 bits per heavy atom. The molecule has 1 N–H and O–H groups in total. The van der Waals surface area contributed by atoms with E-state index in [1.54, 1.807) is 0 Å². The van der Waals surface area contributed by atoms with Crippen molar-refractivity contribution >= 4 is 11.8 Å². The van der Waals surface area contributed by atoms with E-state index in [4.69, 9.17) is 0 Å². The Morgan fingerprint density at radius 1 is 1.08 bits per heavy atom. The maximum Gasteiger partial charge on any atom is 0.210 e. The van der Waals surface area contributed by atoms with Crippen LogP contribution in [-0.4, -0.2) is 20.4 Å². The van der Waals surface area contributed by atoms with Gasteiger partial charge in [0.15, 0.2) is 5.82 Å². The lowest BCUT2D eigenvalue weighted by Gasteiger charge is -2.06. The average Bonchev–Trinajstić information content (AvgIpc) is 3.11. The number of nitriles is 1. The molecule has 1 atom stereocenters. The second-order valence-corrected chi connectivity index (χ2v) is 7.11. The second kappa shape index (κ2) is 8.00. The van der Waals surface area contributed by atoms with Crippen LogP contribution >= 0.6 is 11.8 Å². The fourth-order valence-electron chi connectivity index (χ4n) is 2.51. The first kappa shape index (κ1) is 17.2. The van der Waals surface area contributed by atoms with E-state index in [1.165, 1.54) is 22.9 Å². The molecule has 1 heterocycles. The van der Waals surface area contributed by atoms with Crippen LogP contribution in [0.25, 0.3) is 11.4 Å². The van der Waals surface area contributed by atoms with Gasteiger partial charge in [-0.1, -0.05) is 72.8 Å². The molecule has 0 aliphatic heterocycles. The highest BCUT2D eigenvalue weighted by Gasteiger charge is 2.15. The zero-order chi connectivity index (χ0) is 17.6. The van der Waals surface area contributed by atoms with Gasteiger partial charge >= 0.3 is 0 Å². The summed E-state index contributed by atoms with van der Waals surface area (Å²) in [6, 6.07) is 18.9. The van der Waals surface area contributed by atoms with Gasteiger partial charge in [-0.2, -0.15) is 5.26 Å². The number of benzene rings is 2. The number of nitrogens with zero attached hydrogens (tertiary/aromatic N) is 3. The summed E-state index contributed by atoms with van der Waals surface area (Å²) in [5, 5.41) is 17.1. The normalized spacial score (nSPS) is 11.9. The highest BCUT2D eigenvalue weighted by atomic mass is 32.2. The Labute approximate surface area is 152 Å². The molecule has 0 bridgehead atoms. The summed E-state index contributed by atoms with van der Waals surface area (Å²) in [4.78, 5) is 4.52. The number of nitrogens with one attached hydrogen (secondary N) is 1. The Morgan fingerprint density at radius 2 is 1.76 bits per heavy atom. The Kier molecular flexibility index (Phi) is 5.52. The van der Waals surface area contributed by atoms with Crippen molar-refractivity contribution in [2.75, 3.05) is 0 Å². The average molecular weight is 348 g/mol. The zero-order valence-electron chi connectivity index (χ0n) is 14.4. The van der Waals surface area contributed by atoms with Crippen LogP contribution in [0, 0.1) is 18.3 Å². The molecule has 5 heteroatoms. The fourth-order valence-corrected chi connectivity index (χ4v) is 3.33. The molecule has 0 saturated heterocycles. The third-order valence-corrected chi connectivity index (χ3v) is 4.98. The molecule has 2 aromatic carbocycles. The molecular weight excluding hydrogens is 328 g/mol. The Hall–Kier alpha value is -2.58. The van der Waals surface area contributed by atoms with E-state index >= 15 is 0 Å². The van der Waals surface area contributed by atoms with Crippen molar-refractivity contribution < 1.29 is 0 Å². The first-order chi connectivity index (χ1) is 12.2. The summed E-state index contributed by atoms with van der Waals surface area (Å²) >= 11 is 1.40. The minimum absolute atomic E-state index is 0.214. The maximum atomic E-state index is 9.45. The molecule has 25 heavy (non-hydrogen) atoms. The van der Waals surface area contributed by atoms with Gasteiger partial charge < -0.3 is 0 Å². The monoisotopic (exact) mass is 348 g/mol. The number of aryl methyl sites for hydroxylation is 2. The highest BCUT2D eigenvalue weighted by Crippen LogP contribution is 2.25. The van der Waals surface area contributed by atoms with Crippen molar-refractivity contribution in [1.82, 2.24) is 15.2 Å². The highest BCUT2D eigenvalue weighted by molar-refractivity contribution is 8.00. The summed E-state index contributed by atoms with van der Waals surface area (Å²) < 4.78 is 0. The molecule has 3 rings (SSSR count). The van der Waals surface area contributed by atoms with Gasteiger partial charge in [0.05, 0.1) is 6.07 Å². The van der Waals surface area contributed by atoms with E-state index in [0.717, 1.165) is 23.4 Å². The van der Waals surface area contributed by atoms with Crippen molar-refractivity contribution in [3.8, 4) is 17.5 Å². The zero-order valence-corrected chi connectivity index (χ0v) is 15.2.